The summed E-state index contributed by atoms with van der Waals surface area (Å²) in [5, 5.41) is 2.82. The third-order valence-corrected chi connectivity index (χ3v) is 7.10. The molecule has 11 nitrogen and oxygen atoms in total. The van der Waals surface area contributed by atoms with Crippen molar-refractivity contribution in [2.24, 2.45) is 14.1 Å². The molecule has 3 aliphatic heterocycles. The topological polar surface area (TPSA) is 121 Å². The molecule has 0 radical (unpaired) electrons. The van der Waals surface area contributed by atoms with Crippen LogP contribution < -0.4 is 30.8 Å². The van der Waals surface area contributed by atoms with E-state index in [9.17, 15) is 19.2 Å². The predicted molar refractivity (Wildman–Crippen MR) is 142 cm³/mol. The van der Waals surface area contributed by atoms with Crippen molar-refractivity contribution in [3.8, 4) is 17.2 Å². The fourth-order valence-electron chi connectivity index (χ4n) is 5.02. The molecule has 4 heterocycles. The molecule has 6 rings (SSSR count). The molecule has 1 unspecified atom stereocenters. The molecule has 204 valence electrons. The van der Waals surface area contributed by atoms with E-state index in [1.807, 2.05) is 36.4 Å². The number of hydrogen-bond acceptors (Lipinski definition) is 7. The molecule has 2 aromatic carbocycles. The van der Waals surface area contributed by atoms with E-state index in [1.165, 1.54) is 31.8 Å². The molecule has 0 spiro atoms. The highest BCUT2D eigenvalue weighted by Gasteiger charge is 2.35. The standard InChI is InChI=1S/C28H30N4O7/c1-30-21(15-25(34)31(2)28(30)36)27(35)32-10-8-17-13-23-22(37-3)14-20(17)26(32)18-6-4-7-19(12-18)38-11-5-9-29-24(33)16-39-23/h4,6-7,12-15,26H,5,8-11,16H2,1-3H3,(H,29,33). The smallest absolute Gasteiger partial charge is 0.331 e. The third-order valence-electron chi connectivity index (χ3n) is 7.10. The number of methoxy groups -OCH3 is 1. The largest absolute Gasteiger partial charge is 0.494 e. The predicted octanol–water partition coefficient (Wildman–Crippen LogP) is 1.16. The summed E-state index contributed by atoms with van der Waals surface area (Å²) < 4.78 is 19.5. The zero-order chi connectivity index (χ0) is 27.7. The Kier molecular flexibility index (Phi) is 7.14. The average molecular weight is 535 g/mol. The number of nitrogens with one attached hydrogen (secondary N) is 1. The van der Waals surface area contributed by atoms with Crippen molar-refractivity contribution in [2.45, 2.75) is 18.9 Å². The van der Waals surface area contributed by atoms with Crippen LogP contribution in [-0.2, 0) is 25.3 Å². The van der Waals surface area contributed by atoms with Crippen LogP contribution in [0.5, 0.6) is 17.2 Å². The fourth-order valence-corrected chi connectivity index (χ4v) is 5.02. The average Bonchev–Trinajstić information content (AvgIpc) is 2.94. The van der Waals surface area contributed by atoms with Crippen LogP contribution in [-0.4, -0.2) is 59.3 Å². The van der Waals surface area contributed by atoms with Crippen LogP contribution >= 0.6 is 0 Å². The highest BCUT2D eigenvalue weighted by molar-refractivity contribution is 5.93. The summed E-state index contributed by atoms with van der Waals surface area (Å²) in [5.41, 5.74) is 1.40. The molecule has 1 N–H and O–H groups in total. The normalized spacial score (nSPS) is 17.2. The third kappa shape index (κ3) is 4.99. The molecule has 1 atom stereocenters. The zero-order valence-electron chi connectivity index (χ0n) is 22.1. The number of carbonyl (C=O) groups excluding carboxylic acids is 2. The van der Waals surface area contributed by atoms with Crippen molar-refractivity contribution in [3.05, 3.63) is 85.7 Å². The first kappa shape index (κ1) is 26.1. The Labute approximate surface area is 224 Å². The molecule has 0 saturated carbocycles. The van der Waals surface area contributed by atoms with Gasteiger partial charge in [0, 0.05) is 33.3 Å². The Morgan fingerprint density at radius 2 is 1.87 bits per heavy atom. The first-order valence-corrected chi connectivity index (χ1v) is 12.7. The number of fused-ring (bicyclic) bond motifs is 8. The van der Waals surface area contributed by atoms with Gasteiger partial charge in [0.2, 0.25) is 0 Å². The van der Waals surface area contributed by atoms with Gasteiger partial charge in [-0.05, 0) is 53.8 Å². The Morgan fingerprint density at radius 1 is 1.05 bits per heavy atom. The Morgan fingerprint density at radius 3 is 2.67 bits per heavy atom. The van der Waals surface area contributed by atoms with Crippen LogP contribution in [0.4, 0.5) is 0 Å². The molecule has 11 heteroatoms. The summed E-state index contributed by atoms with van der Waals surface area (Å²) in [7, 11) is 4.36. The summed E-state index contributed by atoms with van der Waals surface area (Å²) in [5.74, 6) is 0.778. The highest BCUT2D eigenvalue weighted by Crippen LogP contribution is 2.42. The van der Waals surface area contributed by atoms with Gasteiger partial charge in [-0.25, -0.2) is 4.79 Å². The fraction of sp³-hybridized carbons (Fsp3) is 0.357. The lowest BCUT2D eigenvalue weighted by atomic mass is 9.87. The van der Waals surface area contributed by atoms with E-state index in [4.69, 9.17) is 14.2 Å². The minimum absolute atomic E-state index is 0.00373. The van der Waals surface area contributed by atoms with Gasteiger partial charge in [0.1, 0.15) is 11.4 Å². The van der Waals surface area contributed by atoms with Gasteiger partial charge in [0.15, 0.2) is 18.1 Å². The lowest BCUT2D eigenvalue weighted by Gasteiger charge is -2.38. The van der Waals surface area contributed by atoms with Crippen molar-refractivity contribution in [2.75, 3.05) is 33.4 Å². The lowest BCUT2D eigenvalue weighted by molar-refractivity contribution is -0.123. The van der Waals surface area contributed by atoms with Crippen LogP contribution in [0.15, 0.2) is 52.1 Å². The van der Waals surface area contributed by atoms with Crippen molar-refractivity contribution in [1.82, 2.24) is 19.4 Å². The number of hydrogen-bond donors (Lipinski definition) is 1. The molecule has 0 fully saturated rings. The number of benzene rings is 2. The number of aromatic nitrogens is 2. The second kappa shape index (κ2) is 10.7. The maximum Gasteiger partial charge on any atom is 0.331 e. The van der Waals surface area contributed by atoms with Crippen LogP contribution in [0.1, 0.15) is 39.6 Å². The van der Waals surface area contributed by atoms with Gasteiger partial charge in [-0.2, -0.15) is 0 Å². The van der Waals surface area contributed by atoms with Crippen molar-refractivity contribution in [1.29, 1.82) is 0 Å². The number of nitrogens with zero attached hydrogens (tertiary/aromatic N) is 3. The summed E-state index contributed by atoms with van der Waals surface area (Å²) in [6.07, 6.45) is 1.08. The van der Waals surface area contributed by atoms with Crippen molar-refractivity contribution < 1.29 is 23.8 Å². The summed E-state index contributed by atoms with van der Waals surface area (Å²) >= 11 is 0. The minimum atomic E-state index is -0.579. The SMILES string of the molecule is COc1cc2c3cc1OCC(=O)NCCCOc1cccc(c1)C2N(C(=O)c1cc(=O)n(C)c(=O)n1C)CC3. The number of ether oxygens (including phenoxy) is 3. The first-order chi connectivity index (χ1) is 18.8. The number of amides is 2. The first-order valence-electron chi connectivity index (χ1n) is 12.7. The van der Waals surface area contributed by atoms with E-state index in [0.717, 1.165) is 21.3 Å². The van der Waals surface area contributed by atoms with E-state index in [0.29, 0.717) is 49.8 Å². The maximum atomic E-state index is 14.0. The van der Waals surface area contributed by atoms with Crippen LogP contribution in [0.2, 0.25) is 0 Å². The van der Waals surface area contributed by atoms with Gasteiger partial charge in [-0.3, -0.25) is 23.5 Å². The second-order valence-corrected chi connectivity index (χ2v) is 9.53. The molecule has 0 aliphatic carbocycles. The zero-order valence-corrected chi connectivity index (χ0v) is 22.1. The second-order valence-electron chi connectivity index (χ2n) is 9.53. The molecule has 0 saturated heterocycles. The number of rotatable bonds is 2. The van der Waals surface area contributed by atoms with Gasteiger partial charge < -0.3 is 24.4 Å². The van der Waals surface area contributed by atoms with E-state index in [2.05, 4.69) is 5.32 Å². The van der Waals surface area contributed by atoms with Gasteiger partial charge in [-0.1, -0.05) is 12.1 Å². The van der Waals surface area contributed by atoms with Crippen LogP contribution in [0.25, 0.3) is 0 Å². The van der Waals surface area contributed by atoms with Gasteiger partial charge in [0.25, 0.3) is 17.4 Å². The van der Waals surface area contributed by atoms with E-state index < -0.39 is 23.2 Å². The molecule has 3 aliphatic rings. The molecular formula is C28H30N4O7. The maximum absolute atomic E-state index is 14.0. The monoisotopic (exact) mass is 534 g/mol. The molecule has 2 amide bonds. The summed E-state index contributed by atoms with van der Waals surface area (Å²) in [6, 6.07) is 11.8. The van der Waals surface area contributed by atoms with Crippen LogP contribution in [0, 0.1) is 0 Å². The quantitative estimate of drug-likeness (QED) is 0.524. The molecule has 3 aromatic rings. The van der Waals surface area contributed by atoms with E-state index in [1.54, 1.807) is 4.90 Å². The Bertz CT molecular complexity index is 1560. The molecule has 39 heavy (non-hydrogen) atoms. The van der Waals surface area contributed by atoms with E-state index in [-0.39, 0.29) is 18.2 Å². The number of carbonyl (C=O) groups is 2. The van der Waals surface area contributed by atoms with Crippen LogP contribution in [0.3, 0.4) is 0 Å². The Hall–Kier alpha value is -4.54. The lowest BCUT2D eigenvalue weighted by Crippen LogP contribution is -2.45. The molecule has 1 aromatic heterocycles. The summed E-state index contributed by atoms with van der Waals surface area (Å²) in [4.78, 5) is 53.0. The van der Waals surface area contributed by atoms with Crippen molar-refractivity contribution in [3.63, 3.8) is 0 Å². The van der Waals surface area contributed by atoms with Gasteiger partial charge in [-0.15, -0.1) is 0 Å². The van der Waals surface area contributed by atoms with Gasteiger partial charge in [0.05, 0.1) is 19.8 Å². The van der Waals surface area contributed by atoms with Gasteiger partial charge >= 0.3 is 5.69 Å². The van der Waals surface area contributed by atoms with Crippen molar-refractivity contribution >= 4 is 11.8 Å². The highest BCUT2D eigenvalue weighted by atomic mass is 16.5. The molecule has 6 bridgehead atoms. The Balaban J connectivity index is 1.67. The summed E-state index contributed by atoms with van der Waals surface area (Å²) in [6.45, 7) is 0.973. The minimum Gasteiger partial charge on any atom is -0.494 e. The van der Waals surface area contributed by atoms with E-state index >= 15 is 0 Å². The molecular weight excluding hydrogens is 504 g/mol.